The fourth-order valence-electron chi connectivity index (χ4n) is 2.25. The number of rotatable bonds is 2. The maximum atomic E-state index is 13.0. The molecule has 1 aromatic carbocycles. The van der Waals surface area contributed by atoms with Crippen LogP contribution in [-0.4, -0.2) is 6.29 Å². The molecule has 0 saturated carbocycles. The predicted octanol–water partition coefficient (Wildman–Crippen LogP) is 2.69. The first kappa shape index (κ1) is 9.38. The van der Waals surface area contributed by atoms with E-state index in [0.717, 1.165) is 24.7 Å². The summed E-state index contributed by atoms with van der Waals surface area (Å²) in [5.74, 6) is 0.0185. The summed E-state index contributed by atoms with van der Waals surface area (Å²) in [6, 6.07) is 4.90. The van der Waals surface area contributed by atoms with Gasteiger partial charge in [-0.15, -0.1) is 0 Å². The minimum atomic E-state index is -0.200. The molecule has 0 fully saturated rings. The van der Waals surface area contributed by atoms with E-state index < -0.39 is 0 Å². The lowest BCUT2D eigenvalue weighted by Gasteiger charge is -2.14. The lowest BCUT2D eigenvalue weighted by atomic mass is 9.90. The molecule has 2 heteroatoms. The van der Waals surface area contributed by atoms with E-state index in [0.29, 0.717) is 0 Å². The van der Waals surface area contributed by atoms with Crippen molar-refractivity contribution >= 4 is 6.29 Å². The number of carbonyl (C=O) groups is 1. The van der Waals surface area contributed by atoms with Crippen LogP contribution in [0, 0.1) is 11.7 Å². The van der Waals surface area contributed by atoms with Gasteiger partial charge in [0.25, 0.3) is 0 Å². The largest absolute Gasteiger partial charge is 0.303 e. The fourth-order valence-corrected chi connectivity index (χ4v) is 2.25. The molecule has 0 heterocycles. The van der Waals surface area contributed by atoms with Crippen molar-refractivity contribution < 1.29 is 9.18 Å². The Kier molecular flexibility index (Phi) is 2.36. The van der Waals surface area contributed by atoms with Crippen molar-refractivity contribution in [2.24, 2.45) is 5.92 Å². The highest BCUT2D eigenvalue weighted by molar-refractivity contribution is 5.56. The summed E-state index contributed by atoms with van der Waals surface area (Å²) in [6.45, 7) is 1.90. The van der Waals surface area contributed by atoms with Gasteiger partial charge < -0.3 is 4.79 Å². The molecule has 1 nitrogen and oxygen atoms in total. The standard InChI is InChI=1S/C12H13FO/c1-8(7-14)11-5-3-9-2-4-10(13)6-12(9)11/h2,4,6-8,11H,3,5H2,1H3. The number of fused-ring (bicyclic) bond motifs is 1. The Labute approximate surface area is 82.9 Å². The van der Waals surface area contributed by atoms with Crippen LogP contribution in [-0.2, 0) is 11.2 Å². The van der Waals surface area contributed by atoms with Crippen molar-refractivity contribution in [1.82, 2.24) is 0 Å². The molecule has 1 aliphatic carbocycles. The van der Waals surface area contributed by atoms with Gasteiger partial charge in [0.15, 0.2) is 0 Å². The quantitative estimate of drug-likeness (QED) is 0.658. The number of aldehydes is 1. The second kappa shape index (κ2) is 3.52. The zero-order valence-electron chi connectivity index (χ0n) is 8.16. The molecule has 0 aromatic heterocycles. The summed E-state index contributed by atoms with van der Waals surface area (Å²) in [4.78, 5) is 10.7. The molecule has 2 atom stereocenters. The molecule has 0 aliphatic heterocycles. The van der Waals surface area contributed by atoms with Crippen LogP contribution in [0.2, 0.25) is 0 Å². The normalized spacial score (nSPS) is 21.7. The van der Waals surface area contributed by atoms with Crippen molar-refractivity contribution in [2.45, 2.75) is 25.7 Å². The van der Waals surface area contributed by atoms with Crippen LogP contribution in [0.25, 0.3) is 0 Å². The Morgan fingerprint density at radius 3 is 3.07 bits per heavy atom. The number of aryl methyl sites for hydroxylation is 1. The van der Waals surface area contributed by atoms with E-state index in [4.69, 9.17) is 0 Å². The van der Waals surface area contributed by atoms with Crippen molar-refractivity contribution in [3.63, 3.8) is 0 Å². The van der Waals surface area contributed by atoms with Crippen LogP contribution in [0.5, 0.6) is 0 Å². The van der Waals surface area contributed by atoms with E-state index in [9.17, 15) is 9.18 Å². The lowest BCUT2D eigenvalue weighted by Crippen LogP contribution is -2.07. The van der Waals surface area contributed by atoms with Crippen LogP contribution in [0.1, 0.15) is 30.4 Å². The van der Waals surface area contributed by atoms with Gasteiger partial charge in [-0.05, 0) is 42.0 Å². The topological polar surface area (TPSA) is 17.1 Å². The smallest absolute Gasteiger partial charge is 0.123 e. The minimum Gasteiger partial charge on any atom is -0.303 e. The second-order valence-electron chi connectivity index (χ2n) is 3.98. The SMILES string of the molecule is CC(C=O)C1CCc2ccc(F)cc21. The van der Waals surface area contributed by atoms with Crippen LogP contribution in [0.4, 0.5) is 4.39 Å². The molecule has 0 saturated heterocycles. The van der Waals surface area contributed by atoms with E-state index in [1.54, 1.807) is 6.07 Å². The predicted molar refractivity (Wildman–Crippen MR) is 52.7 cm³/mol. The molecule has 1 aliphatic rings. The van der Waals surface area contributed by atoms with Gasteiger partial charge in [0.1, 0.15) is 12.1 Å². The number of carbonyl (C=O) groups excluding carboxylic acids is 1. The molecule has 0 amide bonds. The summed E-state index contributed by atoms with van der Waals surface area (Å²) >= 11 is 0. The average molecular weight is 192 g/mol. The van der Waals surface area contributed by atoms with Gasteiger partial charge in [-0.3, -0.25) is 0 Å². The number of hydrogen-bond acceptors (Lipinski definition) is 1. The van der Waals surface area contributed by atoms with Gasteiger partial charge >= 0.3 is 0 Å². The Balaban J connectivity index is 2.37. The first-order valence-corrected chi connectivity index (χ1v) is 4.96. The monoisotopic (exact) mass is 192 g/mol. The maximum Gasteiger partial charge on any atom is 0.123 e. The minimum absolute atomic E-state index is 0.00181. The van der Waals surface area contributed by atoms with Gasteiger partial charge in [-0.1, -0.05) is 13.0 Å². The zero-order chi connectivity index (χ0) is 10.1. The highest BCUT2D eigenvalue weighted by Crippen LogP contribution is 2.37. The van der Waals surface area contributed by atoms with E-state index in [2.05, 4.69) is 0 Å². The molecule has 0 N–H and O–H groups in total. The second-order valence-corrected chi connectivity index (χ2v) is 3.98. The van der Waals surface area contributed by atoms with Gasteiger partial charge in [-0.2, -0.15) is 0 Å². The van der Waals surface area contributed by atoms with Crippen molar-refractivity contribution in [1.29, 1.82) is 0 Å². The van der Waals surface area contributed by atoms with Crippen molar-refractivity contribution in [3.05, 3.63) is 35.1 Å². The fraction of sp³-hybridized carbons (Fsp3) is 0.417. The average Bonchev–Trinajstić information content (AvgIpc) is 2.59. The Morgan fingerprint density at radius 1 is 1.57 bits per heavy atom. The molecule has 1 aromatic rings. The first-order valence-electron chi connectivity index (χ1n) is 4.96. The molecule has 2 rings (SSSR count). The Bertz CT molecular complexity index is 359. The molecule has 0 radical (unpaired) electrons. The van der Waals surface area contributed by atoms with Gasteiger partial charge in [0.05, 0.1) is 0 Å². The first-order chi connectivity index (χ1) is 6.72. The van der Waals surface area contributed by atoms with E-state index in [-0.39, 0.29) is 17.7 Å². The molecule has 0 spiro atoms. The Morgan fingerprint density at radius 2 is 2.36 bits per heavy atom. The molecule has 74 valence electrons. The summed E-state index contributed by atoms with van der Waals surface area (Å²) < 4.78 is 13.0. The van der Waals surface area contributed by atoms with Crippen molar-refractivity contribution in [2.75, 3.05) is 0 Å². The molecule has 2 unspecified atom stereocenters. The molecule has 0 bridgehead atoms. The van der Waals surface area contributed by atoms with E-state index >= 15 is 0 Å². The third-order valence-electron chi connectivity index (χ3n) is 3.08. The maximum absolute atomic E-state index is 13.0. The highest BCUT2D eigenvalue weighted by Gasteiger charge is 2.27. The third kappa shape index (κ3) is 1.45. The van der Waals surface area contributed by atoms with Crippen LogP contribution >= 0.6 is 0 Å². The molecule has 14 heavy (non-hydrogen) atoms. The highest BCUT2D eigenvalue weighted by atomic mass is 19.1. The number of benzene rings is 1. The van der Waals surface area contributed by atoms with Gasteiger partial charge in [0, 0.05) is 5.92 Å². The van der Waals surface area contributed by atoms with E-state index in [1.165, 1.54) is 11.6 Å². The van der Waals surface area contributed by atoms with Crippen molar-refractivity contribution in [3.8, 4) is 0 Å². The summed E-state index contributed by atoms with van der Waals surface area (Å²) in [7, 11) is 0. The van der Waals surface area contributed by atoms with Gasteiger partial charge in [0.2, 0.25) is 0 Å². The van der Waals surface area contributed by atoms with Crippen LogP contribution in [0.15, 0.2) is 18.2 Å². The Hall–Kier alpha value is -1.18. The van der Waals surface area contributed by atoms with Crippen LogP contribution < -0.4 is 0 Å². The molecular weight excluding hydrogens is 179 g/mol. The zero-order valence-corrected chi connectivity index (χ0v) is 8.16. The van der Waals surface area contributed by atoms with Crippen LogP contribution in [0.3, 0.4) is 0 Å². The lowest BCUT2D eigenvalue weighted by molar-refractivity contribution is -0.111. The molecular formula is C12H13FO. The third-order valence-corrected chi connectivity index (χ3v) is 3.08. The number of hydrogen-bond donors (Lipinski definition) is 0. The summed E-state index contributed by atoms with van der Waals surface area (Å²) in [5, 5.41) is 0. The summed E-state index contributed by atoms with van der Waals surface area (Å²) in [5.41, 5.74) is 2.23. The number of halogens is 1. The van der Waals surface area contributed by atoms with E-state index in [1.807, 2.05) is 13.0 Å². The van der Waals surface area contributed by atoms with Gasteiger partial charge in [-0.25, -0.2) is 4.39 Å². The summed E-state index contributed by atoms with van der Waals surface area (Å²) in [6.07, 6.45) is 2.90.